The highest BCUT2D eigenvalue weighted by atomic mass is 127. The number of nitrogens with zero attached hydrogens (tertiary/aromatic N) is 3. The van der Waals surface area contributed by atoms with Crippen molar-refractivity contribution in [2.45, 2.75) is 71.5 Å². The molecule has 174 valence electrons. The Balaban J connectivity index is 0.00000341. The number of likely N-dealkylation sites (tertiary alicyclic amines) is 2. The molecule has 1 amide bonds. The van der Waals surface area contributed by atoms with Crippen molar-refractivity contribution in [2.24, 2.45) is 4.99 Å². The van der Waals surface area contributed by atoms with E-state index in [0.29, 0.717) is 19.5 Å². The highest BCUT2D eigenvalue weighted by Crippen LogP contribution is 2.18. The molecule has 1 aromatic rings. The molecule has 0 bridgehead atoms. The Morgan fingerprint density at radius 1 is 1.13 bits per heavy atom. The summed E-state index contributed by atoms with van der Waals surface area (Å²) in [7, 11) is 0. The summed E-state index contributed by atoms with van der Waals surface area (Å²) in [5.41, 5.74) is 2.39. The molecule has 2 fully saturated rings. The zero-order valence-corrected chi connectivity index (χ0v) is 21.6. The summed E-state index contributed by atoms with van der Waals surface area (Å²) in [4.78, 5) is 21.4. The van der Waals surface area contributed by atoms with Crippen molar-refractivity contribution in [2.75, 3.05) is 32.7 Å². The molecule has 0 aromatic heterocycles. The standard InChI is InChI=1S/C24H39N5O.HI/c1-3-25-24(26-14-9-17-28-15-7-6-10-20(28)2)27-18-21-11-4-5-12-22(21)19-29-16-8-13-23(29)30;/h4-5,11-12,20H,3,6-10,13-19H2,1-2H3,(H2,25,26,27);1H. The zero-order chi connectivity index (χ0) is 21.2. The average molecular weight is 542 g/mol. The summed E-state index contributed by atoms with van der Waals surface area (Å²) in [6, 6.07) is 9.07. The lowest BCUT2D eigenvalue weighted by atomic mass is 10.0. The van der Waals surface area contributed by atoms with Crippen molar-refractivity contribution < 1.29 is 4.79 Å². The first-order valence-corrected chi connectivity index (χ1v) is 11.8. The quantitative estimate of drug-likeness (QED) is 0.217. The predicted octanol–water partition coefficient (Wildman–Crippen LogP) is 3.75. The van der Waals surface area contributed by atoms with Crippen LogP contribution >= 0.6 is 24.0 Å². The molecule has 1 unspecified atom stereocenters. The number of rotatable bonds is 9. The molecule has 0 spiro atoms. The van der Waals surface area contributed by atoms with Crippen LogP contribution in [0.3, 0.4) is 0 Å². The number of guanidine groups is 1. The maximum Gasteiger partial charge on any atom is 0.222 e. The largest absolute Gasteiger partial charge is 0.357 e. The normalized spacial score (nSPS) is 19.9. The van der Waals surface area contributed by atoms with Gasteiger partial charge in [0.1, 0.15) is 0 Å². The Morgan fingerprint density at radius 3 is 2.65 bits per heavy atom. The van der Waals surface area contributed by atoms with Gasteiger partial charge in [0.05, 0.1) is 6.54 Å². The number of piperidine rings is 1. The third-order valence-corrected chi connectivity index (χ3v) is 6.26. The number of hydrogen-bond acceptors (Lipinski definition) is 3. The first-order chi connectivity index (χ1) is 14.7. The molecule has 3 rings (SSSR count). The van der Waals surface area contributed by atoms with Crippen molar-refractivity contribution in [1.29, 1.82) is 0 Å². The molecule has 7 heteroatoms. The van der Waals surface area contributed by atoms with Crippen LogP contribution in [0.4, 0.5) is 0 Å². The Labute approximate surface area is 205 Å². The molecule has 2 saturated heterocycles. The van der Waals surface area contributed by atoms with Crippen LogP contribution in [0, 0.1) is 0 Å². The summed E-state index contributed by atoms with van der Waals surface area (Å²) < 4.78 is 0. The van der Waals surface area contributed by atoms with Crippen LogP contribution < -0.4 is 10.6 Å². The Hall–Kier alpha value is -1.35. The van der Waals surface area contributed by atoms with Gasteiger partial charge in [-0.3, -0.25) is 4.79 Å². The summed E-state index contributed by atoms with van der Waals surface area (Å²) in [5, 5.41) is 6.85. The van der Waals surface area contributed by atoms with Gasteiger partial charge in [-0.05, 0) is 57.2 Å². The lowest BCUT2D eigenvalue weighted by Crippen LogP contribution is -2.41. The molecule has 1 aromatic carbocycles. The fourth-order valence-electron chi connectivity index (χ4n) is 4.43. The second-order valence-corrected chi connectivity index (χ2v) is 8.54. The number of benzene rings is 1. The summed E-state index contributed by atoms with van der Waals surface area (Å²) >= 11 is 0. The number of hydrogen-bond donors (Lipinski definition) is 2. The van der Waals surface area contributed by atoms with Crippen molar-refractivity contribution in [3.63, 3.8) is 0 Å². The van der Waals surface area contributed by atoms with Crippen LogP contribution in [0.5, 0.6) is 0 Å². The molecule has 0 radical (unpaired) electrons. The molecule has 2 heterocycles. The van der Waals surface area contributed by atoms with E-state index in [9.17, 15) is 4.79 Å². The summed E-state index contributed by atoms with van der Waals surface area (Å²) in [6.07, 6.45) is 6.84. The van der Waals surface area contributed by atoms with Crippen molar-refractivity contribution >= 4 is 35.8 Å². The van der Waals surface area contributed by atoms with Crippen LogP contribution in [0.2, 0.25) is 0 Å². The fourth-order valence-corrected chi connectivity index (χ4v) is 4.43. The molecule has 1 atom stereocenters. The number of carbonyl (C=O) groups excluding carboxylic acids is 1. The van der Waals surface area contributed by atoms with E-state index in [2.05, 4.69) is 47.6 Å². The van der Waals surface area contributed by atoms with E-state index in [1.807, 2.05) is 11.0 Å². The van der Waals surface area contributed by atoms with E-state index in [0.717, 1.165) is 51.0 Å². The van der Waals surface area contributed by atoms with Gasteiger partial charge in [-0.15, -0.1) is 24.0 Å². The first-order valence-electron chi connectivity index (χ1n) is 11.8. The maximum atomic E-state index is 12.0. The van der Waals surface area contributed by atoms with E-state index < -0.39 is 0 Å². The SMILES string of the molecule is CCNC(=NCc1ccccc1CN1CCCC1=O)NCCCN1CCCCC1C.I. The average Bonchev–Trinajstić information content (AvgIpc) is 3.16. The van der Waals surface area contributed by atoms with Crippen molar-refractivity contribution in [3.05, 3.63) is 35.4 Å². The molecular formula is C24H40IN5O. The number of aliphatic imine (C=N–C) groups is 1. The van der Waals surface area contributed by atoms with Gasteiger partial charge < -0.3 is 20.4 Å². The van der Waals surface area contributed by atoms with E-state index in [1.165, 1.54) is 36.9 Å². The third kappa shape index (κ3) is 8.25. The van der Waals surface area contributed by atoms with Gasteiger partial charge in [-0.2, -0.15) is 0 Å². The van der Waals surface area contributed by atoms with E-state index in [-0.39, 0.29) is 29.9 Å². The van der Waals surface area contributed by atoms with Gasteiger partial charge in [-0.25, -0.2) is 4.99 Å². The fraction of sp³-hybridized carbons (Fsp3) is 0.667. The second-order valence-electron chi connectivity index (χ2n) is 8.54. The molecule has 2 aliphatic heterocycles. The third-order valence-electron chi connectivity index (χ3n) is 6.26. The molecule has 2 aliphatic rings. The molecule has 0 aliphatic carbocycles. The van der Waals surface area contributed by atoms with Crippen LogP contribution in [-0.4, -0.2) is 60.4 Å². The van der Waals surface area contributed by atoms with Gasteiger partial charge in [-0.1, -0.05) is 30.7 Å². The van der Waals surface area contributed by atoms with Gasteiger partial charge in [0.2, 0.25) is 5.91 Å². The Morgan fingerprint density at radius 2 is 1.94 bits per heavy atom. The van der Waals surface area contributed by atoms with Crippen molar-refractivity contribution in [1.82, 2.24) is 20.4 Å². The van der Waals surface area contributed by atoms with Gasteiger partial charge >= 0.3 is 0 Å². The highest BCUT2D eigenvalue weighted by molar-refractivity contribution is 14.0. The lowest BCUT2D eigenvalue weighted by Gasteiger charge is -2.33. The monoisotopic (exact) mass is 541 g/mol. The van der Waals surface area contributed by atoms with Crippen LogP contribution in [0.15, 0.2) is 29.3 Å². The molecular weight excluding hydrogens is 501 g/mol. The maximum absolute atomic E-state index is 12.0. The van der Waals surface area contributed by atoms with Gasteiger partial charge in [0, 0.05) is 45.2 Å². The number of carbonyl (C=O) groups is 1. The number of nitrogens with one attached hydrogen (secondary N) is 2. The number of amides is 1. The van der Waals surface area contributed by atoms with Crippen LogP contribution in [0.25, 0.3) is 0 Å². The minimum Gasteiger partial charge on any atom is -0.357 e. The first kappa shape index (κ1) is 25.9. The van der Waals surface area contributed by atoms with E-state index >= 15 is 0 Å². The van der Waals surface area contributed by atoms with E-state index in [4.69, 9.17) is 4.99 Å². The summed E-state index contributed by atoms with van der Waals surface area (Å²) in [5.74, 6) is 1.14. The second kappa shape index (κ2) is 13.9. The van der Waals surface area contributed by atoms with Crippen LogP contribution in [0.1, 0.15) is 63.5 Å². The highest BCUT2D eigenvalue weighted by Gasteiger charge is 2.21. The number of halogens is 1. The minimum atomic E-state index is 0. The predicted molar refractivity (Wildman–Crippen MR) is 139 cm³/mol. The van der Waals surface area contributed by atoms with Gasteiger partial charge in [0.25, 0.3) is 0 Å². The van der Waals surface area contributed by atoms with Crippen molar-refractivity contribution in [3.8, 4) is 0 Å². The zero-order valence-electron chi connectivity index (χ0n) is 19.2. The smallest absolute Gasteiger partial charge is 0.222 e. The minimum absolute atomic E-state index is 0. The lowest BCUT2D eigenvalue weighted by molar-refractivity contribution is -0.128. The van der Waals surface area contributed by atoms with Crippen LogP contribution in [-0.2, 0) is 17.9 Å². The van der Waals surface area contributed by atoms with Gasteiger partial charge in [0.15, 0.2) is 5.96 Å². The topological polar surface area (TPSA) is 60.0 Å². The Kier molecular flexibility index (Phi) is 11.6. The molecule has 6 nitrogen and oxygen atoms in total. The molecule has 2 N–H and O–H groups in total. The molecule has 31 heavy (non-hydrogen) atoms. The summed E-state index contributed by atoms with van der Waals surface area (Å²) in [6.45, 7) is 10.8. The van der Waals surface area contributed by atoms with E-state index in [1.54, 1.807) is 0 Å². The Bertz CT molecular complexity index is 711. The molecule has 0 saturated carbocycles.